The van der Waals surface area contributed by atoms with E-state index in [1.54, 1.807) is 0 Å². The topological polar surface area (TPSA) is 92.9 Å². The zero-order valence-electron chi connectivity index (χ0n) is 12.1. The Morgan fingerprint density at radius 2 is 2.05 bits per heavy atom. The number of hydrogen-bond donors (Lipinski definition) is 3. The third kappa shape index (κ3) is 5.72. The third-order valence-corrected chi connectivity index (χ3v) is 3.97. The van der Waals surface area contributed by atoms with Gasteiger partial charge in [0.2, 0.25) is 11.0 Å². The molecule has 1 heterocycles. The number of nitrogens with one attached hydrogen (secondary N) is 2. The second-order valence-electron chi connectivity index (χ2n) is 4.66. The molecule has 0 aliphatic rings. The van der Waals surface area contributed by atoms with Gasteiger partial charge in [-0.2, -0.15) is 9.36 Å². The quantitative estimate of drug-likeness (QED) is 0.481. The second kappa shape index (κ2) is 9.52. The first-order chi connectivity index (χ1) is 10.8. The van der Waals surface area contributed by atoms with Gasteiger partial charge < -0.3 is 5.32 Å². The van der Waals surface area contributed by atoms with Crippen molar-refractivity contribution in [2.24, 2.45) is 5.14 Å². The first-order valence-corrected chi connectivity index (χ1v) is 8.72. The van der Waals surface area contributed by atoms with Crippen molar-refractivity contribution in [3.8, 4) is 11.4 Å². The van der Waals surface area contributed by atoms with Gasteiger partial charge in [0.1, 0.15) is 0 Å². The van der Waals surface area contributed by atoms with E-state index in [9.17, 15) is 4.79 Å². The van der Waals surface area contributed by atoms with Crippen LogP contribution >= 0.6 is 23.7 Å². The number of anilines is 1. The summed E-state index contributed by atoms with van der Waals surface area (Å²) in [5.74, 6) is 0.628. The van der Waals surface area contributed by atoms with Gasteiger partial charge in [0.15, 0.2) is 5.82 Å². The van der Waals surface area contributed by atoms with Crippen LogP contribution in [0.25, 0.3) is 11.4 Å². The molecule has 0 atom stereocenters. The lowest BCUT2D eigenvalue weighted by Gasteiger charge is -2.02. The monoisotopic (exact) mass is 337 g/mol. The zero-order chi connectivity index (χ0) is 15.6. The van der Waals surface area contributed by atoms with E-state index in [0.717, 1.165) is 43.5 Å². The highest BCUT2D eigenvalue weighted by Crippen LogP contribution is 2.20. The van der Waals surface area contributed by atoms with E-state index in [0.29, 0.717) is 17.4 Å². The number of nitrogens with two attached hydrogens (primary N) is 1. The second-order valence-corrected chi connectivity index (χ2v) is 5.94. The summed E-state index contributed by atoms with van der Waals surface area (Å²) in [5.41, 5.74) is 0.949. The summed E-state index contributed by atoms with van der Waals surface area (Å²) in [5, 5.41) is 8.60. The lowest BCUT2D eigenvalue weighted by atomic mass is 10.2. The van der Waals surface area contributed by atoms with Crippen LogP contribution in [0.5, 0.6) is 0 Å². The molecule has 0 spiro atoms. The van der Waals surface area contributed by atoms with Crippen molar-refractivity contribution in [3.05, 3.63) is 30.3 Å². The van der Waals surface area contributed by atoms with Gasteiger partial charge in [0.25, 0.3) is 0 Å². The molecule has 0 bridgehead atoms. The Morgan fingerprint density at radius 3 is 2.82 bits per heavy atom. The molecule has 0 unspecified atom stereocenters. The fourth-order valence-corrected chi connectivity index (χ4v) is 2.75. The molecule has 22 heavy (non-hydrogen) atoms. The molecule has 2 rings (SSSR count). The molecule has 8 heteroatoms. The Bertz CT molecular complexity index is 576. The summed E-state index contributed by atoms with van der Waals surface area (Å²) in [4.78, 5) is 16.2. The Balaban J connectivity index is 1.72. The number of unbranched alkanes of at least 4 members (excludes halogenated alkanes) is 2. The van der Waals surface area contributed by atoms with Crippen molar-refractivity contribution in [2.45, 2.75) is 25.7 Å². The average molecular weight is 337 g/mol. The molecule has 1 amide bonds. The van der Waals surface area contributed by atoms with Crippen molar-refractivity contribution in [1.82, 2.24) is 14.1 Å². The minimum absolute atomic E-state index is 0.0167. The molecule has 118 valence electrons. The first kappa shape index (κ1) is 16.9. The molecule has 4 N–H and O–H groups in total. The summed E-state index contributed by atoms with van der Waals surface area (Å²) >= 11 is 2.33. The maximum Gasteiger partial charge on any atom is 0.226 e. The number of hydrogen-bond acceptors (Lipinski definition) is 7. The third-order valence-electron chi connectivity index (χ3n) is 2.97. The summed E-state index contributed by atoms with van der Waals surface area (Å²) < 4.78 is 7.23. The lowest BCUT2D eigenvalue weighted by molar-refractivity contribution is -0.116. The molecule has 0 saturated carbocycles. The van der Waals surface area contributed by atoms with E-state index in [4.69, 9.17) is 5.14 Å². The molecule has 0 aliphatic heterocycles. The Morgan fingerprint density at radius 1 is 1.23 bits per heavy atom. The highest BCUT2D eigenvalue weighted by atomic mass is 32.2. The van der Waals surface area contributed by atoms with Crippen LogP contribution < -0.4 is 15.2 Å². The predicted molar refractivity (Wildman–Crippen MR) is 92.2 cm³/mol. The maximum atomic E-state index is 11.8. The average Bonchev–Trinajstić information content (AvgIpc) is 3.00. The fraction of sp³-hybridized carbons (Fsp3) is 0.357. The standard InChI is InChI=1S/C14H19N5OS2/c15-22-16-10-6-2-5-9-12(20)17-14-18-13(19-21-14)11-7-3-1-4-8-11/h1,3-4,7-8,16H,2,5-6,9-10,15H2,(H,17,18,19,20). The Hall–Kier alpha value is -1.48. The normalized spacial score (nSPS) is 10.6. The van der Waals surface area contributed by atoms with Gasteiger partial charge in [-0.15, -0.1) is 0 Å². The molecular weight excluding hydrogens is 318 g/mol. The number of nitrogens with zero attached hydrogens (tertiary/aromatic N) is 2. The number of carbonyl (C=O) groups excluding carboxylic acids is 1. The molecular formula is C14H19N5OS2. The van der Waals surface area contributed by atoms with Crippen molar-refractivity contribution in [3.63, 3.8) is 0 Å². The van der Waals surface area contributed by atoms with E-state index in [1.807, 2.05) is 30.3 Å². The molecule has 6 nitrogen and oxygen atoms in total. The number of carbonyl (C=O) groups is 1. The van der Waals surface area contributed by atoms with Crippen molar-refractivity contribution in [2.75, 3.05) is 11.9 Å². The van der Waals surface area contributed by atoms with Crippen molar-refractivity contribution >= 4 is 34.7 Å². The number of rotatable bonds is 9. The van der Waals surface area contributed by atoms with Gasteiger partial charge in [-0.3, -0.25) is 14.7 Å². The van der Waals surface area contributed by atoms with Gasteiger partial charge in [-0.25, -0.2) is 0 Å². The molecule has 1 aromatic carbocycles. The summed E-state index contributed by atoms with van der Waals surface area (Å²) in [7, 11) is 0. The molecule has 0 aliphatic carbocycles. The summed E-state index contributed by atoms with van der Waals surface area (Å²) in [6.45, 7) is 0.861. The molecule has 1 aromatic heterocycles. The minimum Gasteiger partial charge on any atom is -0.301 e. The van der Waals surface area contributed by atoms with Gasteiger partial charge >= 0.3 is 0 Å². The van der Waals surface area contributed by atoms with Gasteiger partial charge in [0.05, 0.1) is 0 Å². The smallest absolute Gasteiger partial charge is 0.226 e. The van der Waals surface area contributed by atoms with E-state index in [2.05, 4.69) is 19.4 Å². The number of benzene rings is 1. The summed E-state index contributed by atoms with van der Waals surface area (Å²) in [6.07, 6.45) is 3.35. The van der Waals surface area contributed by atoms with Crippen LogP contribution in [0.2, 0.25) is 0 Å². The van der Waals surface area contributed by atoms with Gasteiger partial charge in [0, 0.05) is 42.2 Å². The highest BCUT2D eigenvalue weighted by molar-refractivity contribution is 7.95. The Labute approximate surface area is 138 Å². The molecule has 0 saturated heterocycles. The molecule has 2 aromatic rings. The molecule has 0 radical (unpaired) electrons. The van der Waals surface area contributed by atoms with Gasteiger partial charge in [-0.05, 0) is 12.8 Å². The number of aromatic nitrogens is 2. The SMILES string of the molecule is NSNCCCCCC(=O)Nc1nc(-c2ccccc2)ns1. The van der Waals surface area contributed by atoms with Crippen LogP contribution in [-0.2, 0) is 4.79 Å². The van der Waals surface area contributed by atoms with Crippen LogP contribution in [0.4, 0.5) is 5.13 Å². The minimum atomic E-state index is -0.0167. The predicted octanol–water partition coefficient (Wildman–Crippen LogP) is 2.82. The zero-order valence-corrected chi connectivity index (χ0v) is 13.8. The first-order valence-electron chi connectivity index (χ1n) is 7.07. The van der Waals surface area contributed by atoms with Crippen LogP contribution in [0.1, 0.15) is 25.7 Å². The van der Waals surface area contributed by atoms with Gasteiger partial charge in [-0.1, -0.05) is 36.8 Å². The summed E-state index contributed by atoms with van der Waals surface area (Å²) in [6, 6.07) is 9.71. The van der Waals surface area contributed by atoms with E-state index in [1.165, 1.54) is 11.5 Å². The molecule has 0 fully saturated rings. The van der Waals surface area contributed by atoms with Crippen LogP contribution in [0.15, 0.2) is 30.3 Å². The van der Waals surface area contributed by atoms with E-state index >= 15 is 0 Å². The largest absolute Gasteiger partial charge is 0.301 e. The van der Waals surface area contributed by atoms with Crippen LogP contribution in [0, 0.1) is 0 Å². The maximum absolute atomic E-state index is 11.8. The van der Waals surface area contributed by atoms with Crippen LogP contribution in [0.3, 0.4) is 0 Å². The lowest BCUT2D eigenvalue weighted by Crippen LogP contribution is -2.12. The Kier molecular flexibility index (Phi) is 7.31. The number of amides is 1. The van der Waals surface area contributed by atoms with Crippen molar-refractivity contribution in [1.29, 1.82) is 0 Å². The highest BCUT2D eigenvalue weighted by Gasteiger charge is 2.09. The van der Waals surface area contributed by atoms with E-state index in [-0.39, 0.29) is 5.91 Å². The van der Waals surface area contributed by atoms with E-state index < -0.39 is 0 Å². The van der Waals surface area contributed by atoms with Crippen molar-refractivity contribution < 1.29 is 4.79 Å². The fourth-order valence-electron chi connectivity index (χ4n) is 1.88. The van der Waals surface area contributed by atoms with Crippen LogP contribution in [-0.4, -0.2) is 21.8 Å².